The number of urea groups is 1. The van der Waals surface area contributed by atoms with Gasteiger partial charge in [0.25, 0.3) is 0 Å². The first-order chi connectivity index (χ1) is 14.2. The zero-order chi connectivity index (χ0) is 20.1. The van der Waals surface area contributed by atoms with Gasteiger partial charge in [-0.2, -0.15) is 0 Å². The third kappa shape index (κ3) is 5.02. The van der Waals surface area contributed by atoms with Crippen molar-refractivity contribution in [3.63, 3.8) is 0 Å². The van der Waals surface area contributed by atoms with Crippen LogP contribution < -0.4 is 5.32 Å². The maximum atomic E-state index is 12.6. The van der Waals surface area contributed by atoms with Crippen molar-refractivity contribution in [3.8, 4) is 10.6 Å². The van der Waals surface area contributed by atoms with Gasteiger partial charge in [-0.15, -0.1) is 11.3 Å². The molecule has 1 N–H and O–H groups in total. The van der Waals surface area contributed by atoms with E-state index in [1.807, 2.05) is 36.1 Å². The van der Waals surface area contributed by atoms with Crippen LogP contribution in [0.5, 0.6) is 0 Å². The van der Waals surface area contributed by atoms with Crippen LogP contribution in [0.3, 0.4) is 0 Å². The summed E-state index contributed by atoms with van der Waals surface area (Å²) in [5.41, 5.74) is 3.43. The highest BCUT2D eigenvalue weighted by atomic mass is 32.1. The van der Waals surface area contributed by atoms with Crippen molar-refractivity contribution < 1.29 is 4.79 Å². The highest BCUT2D eigenvalue weighted by Crippen LogP contribution is 2.27. The summed E-state index contributed by atoms with van der Waals surface area (Å²) in [5, 5.41) is 4.08. The molecule has 5 nitrogen and oxygen atoms in total. The van der Waals surface area contributed by atoms with E-state index >= 15 is 0 Å². The number of aromatic nitrogens is 1. The number of carbonyl (C=O) groups is 1. The Morgan fingerprint density at radius 1 is 1.00 bits per heavy atom. The minimum absolute atomic E-state index is 0.0124. The molecular weight excluding hydrogens is 380 g/mol. The van der Waals surface area contributed by atoms with Gasteiger partial charge in [0.2, 0.25) is 0 Å². The second kappa shape index (κ2) is 9.20. The van der Waals surface area contributed by atoms with Gasteiger partial charge in [-0.25, -0.2) is 9.78 Å². The Morgan fingerprint density at radius 3 is 2.34 bits per heavy atom. The van der Waals surface area contributed by atoms with E-state index in [1.165, 1.54) is 5.56 Å². The van der Waals surface area contributed by atoms with E-state index in [4.69, 9.17) is 0 Å². The number of nitrogens with zero attached hydrogens (tertiary/aromatic N) is 3. The Hall–Kier alpha value is -2.70. The Labute approximate surface area is 176 Å². The molecule has 4 rings (SSSR count). The first-order valence-electron chi connectivity index (χ1n) is 10.00. The monoisotopic (exact) mass is 406 g/mol. The van der Waals surface area contributed by atoms with Crippen LogP contribution in [-0.4, -0.2) is 47.0 Å². The summed E-state index contributed by atoms with van der Waals surface area (Å²) in [4.78, 5) is 22.7. The molecule has 0 atom stereocenters. The van der Waals surface area contributed by atoms with E-state index in [0.29, 0.717) is 6.54 Å². The highest BCUT2D eigenvalue weighted by molar-refractivity contribution is 7.15. The SMILES string of the molecule is Cc1nc(-c2ccccc2)sc1CNC(=O)N1CCN(Cc2ccccc2)CC1. The molecule has 29 heavy (non-hydrogen) atoms. The van der Waals surface area contributed by atoms with Crippen molar-refractivity contribution in [1.29, 1.82) is 0 Å². The summed E-state index contributed by atoms with van der Waals surface area (Å²) >= 11 is 1.65. The highest BCUT2D eigenvalue weighted by Gasteiger charge is 2.21. The standard InChI is InChI=1S/C23H26N4OS/c1-18-21(29-22(25-18)20-10-6-3-7-11-20)16-24-23(28)27-14-12-26(13-15-27)17-19-8-4-2-5-9-19/h2-11H,12-17H2,1H3,(H,24,28). The van der Waals surface area contributed by atoms with Crippen LogP contribution in [0.25, 0.3) is 10.6 Å². The number of carbonyl (C=O) groups excluding carboxylic acids is 1. The fourth-order valence-electron chi connectivity index (χ4n) is 3.51. The quantitative estimate of drug-likeness (QED) is 0.693. The molecule has 2 amide bonds. The number of thiazole rings is 1. The largest absolute Gasteiger partial charge is 0.333 e. The number of hydrogen-bond acceptors (Lipinski definition) is 4. The average molecular weight is 407 g/mol. The van der Waals surface area contributed by atoms with Crippen LogP contribution in [0.4, 0.5) is 4.79 Å². The van der Waals surface area contributed by atoms with Gasteiger partial charge in [0.15, 0.2) is 0 Å². The first kappa shape index (κ1) is 19.6. The lowest BCUT2D eigenvalue weighted by Gasteiger charge is -2.34. The smallest absolute Gasteiger partial charge is 0.317 e. The number of rotatable bonds is 5. The molecule has 1 aliphatic rings. The van der Waals surface area contributed by atoms with Crippen LogP contribution in [0, 0.1) is 6.92 Å². The number of benzene rings is 2. The van der Waals surface area contributed by atoms with Gasteiger partial charge in [-0.3, -0.25) is 4.90 Å². The maximum absolute atomic E-state index is 12.6. The molecule has 0 aliphatic carbocycles. The van der Waals surface area contributed by atoms with E-state index in [2.05, 4.69) is 51.6 Å². The molecular formula is C23H26N4OS. The maximum Gasteiger partial charge on any atom is 0.317 e. The fraction of sp³-hybridized carbons (Fsp3) is 0.304. The van der Waals surface area contributed by atoms with Gasteiger partial charge in [0.05, 0.1) is 12.2 Å². The lowest BCUT2D eigenvalue weighted by Crippen LogP contribution is -2.51. The fourth-order valence-corrected chi connectivity index (χ4v) is 4.52. The molecule has 1 aliphatic heterocycles. The molecule has 0 unspecified atom stereocenters. The Balaban J connectivity index is 1.27. The van der Waals surface area contributed by atoms with Gasteiger partial charge in [0, 0.05) is 43.2 Å². The van der Waals surface area contributed by atoms with Crippen molar-refractivity contribution in [3.05, 3.63) is 76.8 Å². The molecule has 1 aromatic heterocycles. The topological polar surface area (TPSA) is 48.5 Å². The van der Waals surface area contributed by atoms with Crippen molar-refractivity contribution in [1.82, 2.24) is 20.1 Å². The molecule has 0 bridgehead atoms. The van der Waals surface area contributed by atoms with E-state index in [-0.39, 0.29) is 6.03 Å². The third-order valence-electron chi connectivity index (χ3n) is 5.22. The van der Waals surface area contributed by atoms with Crippen molar-refractivity contribution >= 4 is 17.4 Å². The van der Waals surface area contributed by atoms with Crippen LogP contribution in [0.1, 0.15) is 16.1 Å². The van der Waals surface area contributed by atoms with Crippen molar-refractivity contribution in [2.24, 2.45) is 0 Å². The summed E-state index contributed by atoms with van der Waals surface area (Å²) in [7, 11) is 0. The lowest BCUT2D eigenvalue weighted by atomic mass is 10.2. The van der Waals surface area contributed by atoms with Gasteiger partial charge < -0.3 is 10.2 Å². The second-order valence-electron chi connectivity index (χ2n) is 7.30. The molecule has 2 aromatic carbocycles. The first-order valence-corrected chi connectivity index (χ1v) is 10.8. The average Bonchev–Trinajstić information content (AvgIpc) is 3.14. The Bertz CT molecular complexity index is 934. The molecule has 150 valence electrons. The zero-order valence-electron chi connectivity index (χ0n) is 16.7. The van der Waals surface area contributed by atoms with Crippen LogP contribution in [0.2, 0.25) is 0 Å². The summed E-state index contributed by atoms with van der Waals surface area (Å²) < 4.78 is 0. The predicted octanol–water partition coefficient (Wildman–Crippen LogP) is 4.15. The molecule has 0 radical (unpaired) electrons. The van der Waals surface area contributed by atoms with Gasteiger partial charge in [-0.1, -0.05) is 60.7 Å². The second-order valence-corrected chi connectivity index (χ2v) is 8.38. The Morgan fingerprint density at radius 2 is 1.66 bits per heavy atom. The van der Waals surface area contributed by atoms with E-state index in [9.17, 15) is 4.79 Å². The molecule has 2 heterocycles. The predicted molar refractivity (Wildman–Crippen MR) is 118 cm³/mol. The van der Waals surface area contributed by atoms with Crippen molar-refractivity contribution in [2.75, 3.05) is 26.2 Å². The summed E-state index contributed by atoms with van der Waals surface area (Å²) in [6, 6.07) is 20.7. The van der Waals surface area contributed by atoms with Gasteiger partial charge >= 0.3 is 6.03 Å². The molecule has 0 spiro atoms. The molecule has 6 heteroatoms. The van der Waals surface area contributed by atoms with Gasteiger partial charge in [0.1, 0.15) is 5.01 Å². The summed E-state index contributed by atoms with van der Waals surface area (Å²) in [5.74, 6) is 0. The molecule has 0 saturated carbocycles. The molecule has 3 aromatic rings. The van der Waals surface area contributed by atoms with Crippen LogP contribution in [-0.2, 0) is 13.1 Å². The molecule has 1 fully saturated rings. The normalized spacial score (nSPS) is 14.7. The number of amides is 2. The van der Waals surface area contributed by atoms with Crippen LogP contribution >= 0.6 is 11.3 Å². The Kier molecular flexibility index (Phi) is 6.22. The minimum Gasteiger partial charge on any atom is -0.333 e. The van der Waals surface area contributed by atoms with Gasteiger partial charge in [-0.05, 0) is 12.5 Å². The summed E-state index contributed by atoms with van der Waals surface area (Å²) in [6.07, 6.45) is 0. The number of piperazine rings is 1. The van der Waals surface area contributed by atoms with E-state index < -0.39 is 0 Å². The third-order valence-corrected chi connectivity index (χ3v) is 6.43. The number of nitrogens with one attached hydrogen (secondary N) is 1. The minimum atomic E-state index is 0.0124. The molecule has 1 saturated heterocycles. The summed E-state index contributed by atoms with van der Waals surface area (Å²) in [6.45, 7) is 6.80. The lowest BCUT2D eigenvalue weighted by molar-refractivity contribution is 0.135. The van der Waals surface area contributed by atoms with E-state index in [0.717, 1.165) is 53.9 Å². The number of aryl methyl sites for hydroxylation is 1. The number of hydrogen-bond donors (Lipinski definition) is 1. The van der Waals surface area contributed by atoms with Crippen LogP contribution in [0.15, 0.2) is 60.7 Å². The zero-order valence-corrected chi connectivity index (χ0v) is 17.5. The van der Waals surface area contributed by atoms with E-state index in [1.54, 1.807) is 11.3 Å². The van der Waals surface area contributed by atoms with Crippen molar-refractivity contribution in [2.45, 2.75) is 20.0 Å².